The molecule has 0 aliphatic heterocycles. The lowest BCUT2D eigenvalue weighted by Gasteiger charge is -2.18. The number of aromatic nitrogens is 2. The van der Waals surface area contributed by atoms with Crippen molar-refractivity contribution in [2.75, 3.05) is 13.2 Å². The van der Waals surface area contributed by atoms with Crippen molar-refractivity contribution >= 4 is 29.1 Å². The van der Waals surface area contributed by atoms with Gasteiger partial charge in [-0.1, -0.05) is 69.0 Å². The zero-order valence-corrected chi connectivity index (χ0v) is 26.5. The van der Waals surface area contributed by atoms with Crippen molar-refractivity contribution in [2.24, 2.45) is 0 Å². The van der Waals surface area contributed by atoms with Crippen LogP contribution in [-0.4, -0.2) is 52.1 Å². The Bertz CT molecular complexity index is 1630. The molecule has 0 aliphatic rings. The van der Waals surface area contributed by atoms with Crippen LogP contribution in [0.2, 0.25) is 0 Å². The van der Waals surface area contributed by atoms with E-state index in [9.17, 15) is 27.6 Å². The van der Waals surface area contributed by atoms with E-state index in [0.717, 1.165) is 41.9 Å². The second-order valence-corrected chi connectivity index (χ2v) is 11.9. The lowest BCUT2D eigenvalue weighted by atomic mass is 10.0. The number of amides is 2. The van der Waals surface area contributed by atoms with E-state index in [1.807, 2.05) is 24.3 Å². The molecule has 4 rings (SSSR count). The van der Waals surface area contributed by atoms with E-state index in [1.165, 1.54) is 19.3 Å². The van der Waals surface area contributed by atoms with Crippen LogP contribution in [-0.2, 0) is 22.2 Å². The Kier molecular flexibility index (Phi) is 12.5. The van der Waals surface area contributed by atoms with Gasteiger partial charge in [0.2, 0.25) is 5.91 Å². The Labute approximate surface area is 274 Å². The zero-order valence-electron chi connectivity index (χ0n) is 25.7. The van der Waals surface area contributed by atoms with Crippen LogP contribution in [0.1, 0.15) is 59.1 Å². The molecule has 0 radical (unpaired) electrons. The van der Waals surface area contributed by atoms with Gasteiger partial charge < -0.3 is 20.5 Å². The number of carbonyl (C=O) groups is 3. The summed E-state index contributed by atoms with van der Waals surface area (Å²) in [4.78, 5) is 44.2. The van der Waals surface area contributed by atoms with E-state index in [2.05, 4.69) is 27.5 Å². The number of unbranched alkanes of at least 4 members (excludes halogenated alkanes) is 4. The van der Waals surface area contributed by atoms with Crippen LogP contribution < -0.4 is 15.4 Å². The zero-order chi connectivity index (χ0) is 33.8. The van der Waals surface area contributed by atoms with Crippen molar-refractivity contribution in [3.05, 3.63) is 88.4 Å². The van der Waals surface area contributed by atoms with E-state index >= 15 is 0 Å². The number of benzene rings is 2. The Morgan fingerprint density at radius 2 is 1.53 bits per heavy atom. The van der Waals surface area contributed by atoms with Gasteiger partial charge in [-0.05, 0) is 41.8 Å². The molecule has 9 nitrogen and oxygen atoms in total. The molecule has 47 heavy (non-hydrogen) atoms. The first-order valence-electron chi connectivity index (χ1n) is 15.2. The van der Waals surface area contributed by atoms with Crippen LogP contribution in [0.4, 0.5) is 13.2 Å². The van der Waals surface area contributed by atoms with Crippen LogP contribution in [0.5, 0.6) is 5.75 Å². The monoisotopic (exact) mass is 668 g/mol. The minimum atomic E-state index is -4.61. The van der Waals surface area contributed by atoms with Crippen LogP contribution in [0.15, 0.2) is 73.1 Å². The van der Waals surface area contributed by atoms with Crippen molar-refractivity contribution in [1.82, 2.24) is 20.6 Å². The summed E-state index contributed by atoms with van der Waals surface area (Å²) < 4.78 is 44.8. The van der Waals surface area contributed by atoms with E-state index in [1.54, 1.807) is 36.7 Å². The third kappa shape index (κ3) is 10.6. The smallest absolute Gasteiger partial charge is 0.425 e. The van der Waals surface area contributed by atoms with Crippen molar-refractivity contribution in [2.45, 2.75) is 57.7 Å². The first-order chi connectivity index (χ1) is 22.5. The maximum Gasteiger partial charge on any atom is 0.425 e. The molecule has 1 unspecified atom stereocenters. The number of carboxylic acids is 1. The number of hydrogen-bond acceptors (Lipinski definition) is 7. The Balaban J connectivity index is 1.38. The lowest BCUT2D eigenvalue weighted by Crippen LogP contribution is -2.49. The standard InChI is InChI=1S/C34H35F3N4O5S/c1-2-3-4-5-6-17-46-26-13-11-23(12-14-26)25-19-38-31(39-20-25)24-9-7-22(8-10-24)18-27(32(44)40-21-30(42)43)41-33(45)28-15-16-29(47-28)34(35,36)37/h7-16,19-20,27H,2-6,17-18,21H2,1H3,(H,40,44)(H,41,45)(H,42,43). The molecule has 4 aromatic rings. The molecule has 0 fully saturated rings. The number of nitrogens with one attached hydrogen (secondary N) is 2. The number of hydrogen-bond donors (Lipinski definition) is 3. The average Bonchev–Trinajstić information content (AvgIpc) is 3.58. The molecule has 2 heterocycles. The van der Waals surface area contributed by atoms with Crippen LogP contribution >= 0.6 is 11.3 Å². The largest absolute Gasteiger partial charge is 0.494 e. The highest BCUT2D eigenvalue weighted by molar-refractivity contribution is 7.14. The fourth-order valence-corrected chi connectivity index (χ4v) is 5.40. The van der Waals surface area contributed by atoms with Gasteiger partial charge >= 0.3 is 12.1 Å². The maximum atomic E-state index is 13.0. The summed E-state index contributed by atoms with van der Waals surface area (Å²) in [6, 6.07) is 15.2. The number of thiophene rings is 1. The number of nitrogens with zero attached hydrogens (tertiary/aromatic N) is 2. The Morgan fingerprint density at radius 1 is 0.872 bits per heavy atom. The third-order valence-corrected chi connectivity index (χ3v) is 8.28. The molecule has 2 amide bonds. The van der Waals surface area contributed by atoms with Crippen molar-refractivity contribution < 1.29 is 37.4 Å². The molecule has 2 aromatic carbocycles. The number of alkyl halides is 3. The summed E-state index contributed by atoms with van der Waals surface area (Å²) in [5.41, 5.74) is 3.06. The molecule has 13 heteroatoms. The molecular formula is C34H35F3N4O5S. The summed E-state index contributed by atoms with van der Waals surface area (Å²) in [5, 5.41) is 13.6. The summed E-state index contributed by atoms with van der Waals surface area (Å²) in [7, 11) is 0. The van der Waals surface area contributed by atoms with E-state index in [-0.39, 0.29) is 22.6 Å². The second-order valence-electron chi connectivity index (χ2n) is 10.8. The summed E-state index contributed by atoms with van der Waals surface area (Å²) in [6.07, 6.45) is 4.65. The van der Waals surface area contributed by atoms with E-state index < -0.39 is 41.4 Å². The molecule has 0 bridgehead atoms. The molecule has 2 aromatic heterocycles. The van der Waals surface area contributed by atoms with Gasteiger partial charge in [-0.15, -0.1) is 11.3 Å². The number of halogens is 3. The summed E-state index contributed by atoms with van der Waals surface area (Å²) in [6.45, 7) is 2.19. The minimum absolute atomic E-state index is 0.0483. The lowest BCUT2D eigenvalue weighted by molar-refractivity contribution is -0.138. The first kappa shape index (κ1) is 35.1. The number of aliphatic carboxylic acids is 1. The fraction of sp³-hybridized carbons (Fsp3) is 0.324. The topological polar surface area (TPSA) is 131 Å². The van der Waals surface area contributed by atoms with Crippen molar-refractivity contribution in [1.29, 1.82) is 0 Å². The average molecular weight is 669 g/mol. The van der Waals surface area contributed by atoms with Crippen LogP contribution in [0.3, 0.4) is 0 Å². The second kappa shape index (κ2) is 16.7. The third-order valence-electron chi connectivity index (χ3n) is 7.15. The summed E-state index contributed by atoms with van der Waals surface area (Å²) >= 11 is 0.249. The molecule has 0 saturated carbocycles. The quantitative estimate of drug-likeness (QED) is 0.112. The highest BCUT2D eigenvalue weighted by atomic mass is 32.1. The molecule has 0 spiro atoms. The van der Waals surface area contributed by atoms with Gasteiger partial charge in [0.25, 0.3) is 5.91 Å². The molecule has 0 aliphatic carbocycles. The van der Waals surface area contributed by atoms with Crippen molar-refractivity contribution in [3.63, 3.8) is 0 Å². The Hall–Kier alpha value is -4.78. The van der Waals surface area contributed by atoms with Gasteiger partial charge in [0, 0.05) is 29.9 Å². The molecular weight excluding hydrogens is 633 g/mol. The minimum Gasteiger partial charge on any atom is -0.494 e. The number of carbonyl (C=O) groups excluding carboxylic acids is 2. The van der Waals surface area contributed by atoms with Gasteiger partial charge in [-0.2, -0.15) is 13.2 Å². The predicted octanol–water partition coefficient (Wildman–Crippen LogP) is 6.78. The SMILES string of the molecule is CCCCCCCOc1ccc(-c2cnc(-c3ccc(CC(NC(=O)c4ccc(C(F)(F)F)s4)C(=O)NCC(=O)O)cc3)nc2)cc1. The van der Waals surface area contributed by atoms with Gasteiger partial charge in [0.1, 0.15) is 23.2 Å². The maximum absolute atomic E-state index is 13.0. The Morgan fingerprint density at radius 3 is 2.15 bits per heavy atom. The van der Waals surface area contributed by atoms with E-state index in [0.29, 0.717) is 23.6 Å². The van der Waals surface area contributed by atoms with Crippen LogP contribution in [0, 0.1) is 0 Å². The van der Waals surface area contributed by atoms with Gasteiger partial charge in [-0.25, -0.2) is 9.97 Å². The molecule has 1 atom stereocenters. The number of ether oxygens (including phenoxy) is 1. The molecule has 3 N–H and O–H groups in total. The highest BCUT2D eigenvalue weighted by Gasteiger charge is 2.33. The van der Waals surface area contributed by atoms with Crippen molar-refractivity contribution in [3.8, 4) is 28.3 Å². The molecule has 0 saturated heterocycles. The summed E-state index contributed by atoms with van der Waals surface area (Å²) in [5.74, 6) is -1.69. The fourth-order valence-electron chi connectivity index (χ4n) is 4.63. The van der Waals surface area contributed by atoms with E-state index in [4.69, 9.17) is 9.84 Å². The predicted molar refractivity (Wildman–Crippen MR) is 172 cm³/mol. The first-order valence-corrected chi connectivity index (χ1v) is 16.0. The van der Waals surface area contributed by atoms with Crippen LogP contribution in [0.25, 0.3) is 22.5 Å². The highest BCUT2D eigenvalue weighted by Crippen LogP contribution is 2.34. The molecule has 248 valence electrons. The number of rotatable bonds is 16. The van der Waals surface area contributed by atoms with Gasteiger partial charge in [0.15, 0.2) is 5.82 Å². The van der Waals surface area contributed by atoms with Gasteiger partial charge in [-0.3, -0.25) is 14.4 Å². The van der Waals surface area contributed by atoms with Gasteiger partial charge in [0.05, 0.1) is 11.5 Å². The normalized spacial score (nSPS) is 11.9. The number of carboxylic acid groups (broad SMARTS) is 1.